The Bertz CT molecular complexity index is 694. The molecule has 5 nitrogen and oxygen atoms in total. The molecule has 0 bridgehead atoms. The molecule has 0 saturated heterocycles. The van der Waals surface area contributed by atoms with Gasteiger partial charge >= 0.3 is 0 Å². The van der Waals surface area contributed by atoms with Crippen molar-refractivity contribution in [3.63, 3.8) is 0 Å². The van der Waals surface area contributed by atoms with Gasteiger partial charge in [0.1, 0.15) is 17.8 Å². The second-order valence-corrected chi connectivity index (χ2v) is 5.10. The molecule has 1 aromatic carbocycles. The Balaban J connectivity index is 2.20. The quantitative estimate of drug-likeness (QED) is 0.638. The van der Waals surface area contributed by atoms with Crippen LogP contribution < -0.4 is 4.90 Å². The molecule has 0 fully saturated rings. The zero-order chi connectivity index (χ0) is 15.6. The predicted molar refractivity (Wildman–Crippen MR) is 79.1 cm³/mol. The van der Waals surface area contributed by atoms with E-state index in [-0.39, 0.29) is 10.7 Å². The minimum absolute atomic E-state index is 0.0234. The molecule has 21 heavy (non-hydrogen) atoms. The Morgan fingerprint density at radius 2 is 2.14 bits per heavy atom. The lowest BCUT2D eigenvalue weighted by molar-refractivity contribution is -0.385. The standard InChI is InChI=1S/C14H13ClFN3O2/c1-9-5-14(17-7-13(9)19(20)21)18(2)8-10-3-4-11(15)12(16)6-10/h3-7H,8H2,1-2H3. The van der Waals surface area contributed by atoms with Gasteiger partial charge in [-0.3, -0.25) is 10.1 Å². The normalized spacial score (nSPS) is 10.5. The third-order valence-corrected chi connectivity index (χ3v) is 3.37. The number of halogens is 2. The molecule has 0 radical (unpaired) electrons. The summed E-state index contributed by atoms with van der Waals surface area (Å²) in [5, 5.41) is 10.8. The molecule has 7 heteroatoms. The summed E-state index contributed by atoms with van der Waals surface area (Å²) in [7, 11) is 1.78. The second kappa shape index (κ2) is 6.05. The van der Waals surface area contributed by atoms with Crippen LogP contribution in [0.25, 0.3) is 0 Å². The van der Waals surface area contributed by atoms with Gasteiger partial charge in [0.2, 0.25) is 0 Å². The lowest BCUT2D eigenvalue weighted by Gasteiger charge is -2.18. The fraction of sp³-hybridized carbons (Fsp3) is 0.214. The number of pyridine rings is 1. The highest BCUT2D eigenvalue weighted by atomic mass is 35.5. The number of benzene rings is 1. The van der Waals surface area contributed by atoms with E-state index in [1.807, 2.05) is 0 Å². The summed E-state index contributed by atoms with van der Waals surface area (Å²) in [4.78, 5) is 16.1. The first-order chi connectivity index (χ1) is 9.88. The lowest BCUT2D eigenvalue weighted by atomic mass is 10.2. The molecule has 2 aromatic rings. The summed E-state index contributed by atoms with van der Waals surface area (Å²) >= 11 is 5.64. The van der Waals surface area contributed by atoms with Crippen LogP contribution in [0, 0.1) is 22.9 Å². The molecule has 1 aromatic heterocycles. The fourth-order valence-corrected chi connectivity index (χ4v) is 2.04. The van der Waals surface area contributed by atoms with Gasteiger partial charge in [-0.25, -0.2) is 9.37 Å². The molecule has 0 atom stereocenters. The van der Waals surface area contributed by atoms with Crippen molar-refractivity contribution in [2.45, 2.75) is 13.5 Å². The van der Waals surface area contributed by atoms with Crippen LogP contribution in [0.15, 0.2) is 30.5 Å². The topological polar surface area (TPSA) is 59.3 Å². The van der Waals surface area contributed by atoms with E-state index in [4.69, 9.17) is 11.6 Å². The summed E-state index contributed by atoms with van der Waals surface area (Å²) in [5.74, 6) is 0.101. The van der Waals surface area contributed by atoms with Gasteiger partial charge in [-0.05, 0) is 30.7 Å². The van der Waals surface area contributed by atoms with Crippen molar-refractivity contribution in [1.29, 1.82) is 0 Å². The maximum Gasteiger partial charge on any atom is 0.290 e. The van der Waals surface area contributed by atoms with Gasteiger partial charge < -0.3 is 4.90 Å². The molecule has 1 heterocycles. The van der Waals surface area contributed by atoms with E-state index in [0.717, 1.165) is 5.56 Å². The lowest BCUT2D eigenvalue weighted by Crippen LogP contribution is -2.18. The molecular weight excluding hydrogens is 297 g/mol. The molecular formula is C14H13ClFN3O2. The van der Waals surface area contributed by atoms with E-state index in [0.29, 0.717) is 17.9 Å². The van der Waals surface area contributed by atoms with Crippen molar-refractivity contribution >= 4 is 23.1 Å². The van der Waals surface area contributed by atoms with Crippen LogP contribution >= 0.6 is 11.6 Å². The van der Waals surface area contributed by atoms with Gasteiger partial charge in [0.25, 0.3) is 5.69 Å². The molecule has 110 valence electrons. The van der Waals surface area contributed by atoms with Crippen LogP contribution in [0.4, 0.5) is 15.9 Å². The Morgan fingerprint density at radius 1 is 1.43 bits per heavy atom. The summed E-state index contributed by atoms with van der Waals surface area (Å²) < 4.78 is 13.4. The largest absolute Gasteiger partial charge is 0.355 e. The SMILES string of the molecule is Cc1cc(N(C)Cc2ccc(Cl)c(F)c2)ncc1[N+](=O)[O-]. The summed E-state index contributed by atoms with van der Waals surface area (Å²) in [6.07, 6.45) is 1.23. The number of hydrogen-bond donors (Lipinski definition) is 0. The van der Waals surface area contributed by atoms with Crippen LogP contribution in [0.5, 0.6) is 0 Å². The predicted octanol–water partition coefficient (Wildman–Crippen LogP) is 3.73. The van der Waals surface area contributed by atoms with Crippen LogP contribution in [0.3, 0.4) is 0 Å². The molecule has 0 spiro atoms. The number of hydrogen-bond acceptors (Lipinski definition) is 4. The van der Waals surface area contributed by atoms with E-state index in [2.05, 4.69) is 4.98 Å². The smallest absolute Gasteiger partial charge is 0.290 e. The van der Waals surface area contributed by atoms with E-state index < -0.39 is 10.7 Å². The molecule has 0 unspecified atom stereocenters. The average Bonchev–Trinajstić information content (AvgIpc) is 2.42. The minimum Gasteiger partial charge on any atom is -0.355 e. The van der Waals surface area contributed by atoms with Crippen molar-refractivity contribution in [2.24, 2.45) is 0 Å². The molecule has 0 aliphatic rings. The Morgan fingerprint density at radius 3 is 2.71 bits per heavy atom. The Kier molecular flexibility index (Phi) is 4.37. The van der Waals surface area contributed by atoms with Gasteiger partial charge in [0.15, 0.2) is 0 Å². The van der Waals surface area contributed by atoms with Gasteiger partial charge in [0.05, 0.1) is 9.95 Å². The third kappa shape index (κ3) is 3.46. The number of nitrogens with zero attached hydrogens (tertiary/aromatic N) is 3. The highest BCUT2D eigenvalue weighted by molar-refractivity contribution is 6.30. The Hall–Kier alpha value is -2.21. The zero-order valence-corrected chi connectivity index (χ0v) is 12.3. The van der Waals surface area contributed by atoms with Crippen LogP contribution in [-0.2, 0) is 6.54 Å². The number of nitro groups is 1. The number of anilines is 1. The molecule has 0 N–H and O–H groups in total. The monoisotopic (exact) mass is 309 g/mol. The fourth-order valence-electron chi connectivity index (χ4n) is 1.93. The molecule has 0 saturated carbocycles. The van der Waals surface area contributed by atoms with Gasteiger partial charge in [-0.1, -0.05) is 17.7 Å². The number of aromatic nitrogens is 1. The van der Waals surface area contributed by atoms with Gasteiger partial charge in [-0.2, -0.15) is 0 Å². The van der Waals surface area contributed by atoms with Crippen molar-refractivity contribution in [3.05, 3.63) is 62.5 Å². The van der Waals surface area contributed by atoms with E-state index in [1.165, 1.54) is 18.3 Å². The first-order valence-corrected chi connectivity index (χ1v) is 6.52. The number of rotatable bonds is 4. The maximum atomic E-state index is 13.4. The first kappa shape index (κ1) is 15.2. The van der Waals surface area contributed by atoms with Crippen molar-refractivity contribution in [3.8, 4) is 0 Å². The first-order valence-electron chi connectivity index (χ1n) is 6.14. The van der Waals surface area contributed by atoms with Crippen LogP contribution in [0.2, 0.25) is 5.02 Å². The molecule has 2 rings (SSSR count). The molecule has 0 aliphatic carbocycles. The van der Waals surface area contributed by atoms with Crippen molar-refractivity contribution < 1.29 is 9.31 Å². The minimum atomic E-state index is -0.476. The van der Waals surface area contributed by atoms with E-state index >= 15 is 0 Å². The van der Waals surface area contributed by atoms with E-state index in [9.17, 15) is 14.5 Å². The molecule has 0 aliphatic heterocycles. The average molecular weight is 310 g/mol. The highest BCUT2D eigenvalue weighted by Gasteiger charge is 2.13. The summed E-state index contributed by atoms with van der Waals surface area (Å²) in [6.45, 7) is 2.07. The zero-order valence-electron chi connectivity index (χ0n) is 11.5. The Labute approximate surface area is 126 Å². The van der Waals surface area contributed by atoms with Crippen molar-refractivity contribution in [2.75, 3.05) is 11.9 Å². The van der Waals surface area contributed by atoms with Gasteiger partial charge in [-0.15, -0.1) is 0 Å². The second-order valence-electron chi connectivity index (χ2n) is 4.69. The maximum absolute atomic E-state index is 13.4. The summed E-state index contributed by atoms with van der Waals surface area (Å²) in [6, 6.07) is 6.20. The highest BCUT2D eigenvalue weighted by Crippen LogP contribution is 2.22. The summed E-state index contributed by atoms with van der Waals surface area (Å²) in [5.41, 5.74) is 1.24. The van der Waals surface area contributed by atoms with Gasteiger partial charge in [0, 0.05) is 19.2 Å². The van der Waals surface area contributed by atoms with Crippen LogP contribution in [0.1, 0.15) is 11.1 Å². The molecule has 0 amide bonds. The van der Waals surface area contributed by atoms with Crippen LogP contribution in [-0.4, -0.2) is 17.0 Å². The number of aryl methyl sites for hydroxylation is 1. The third-order valence-electron chi connectivity index (χ3n) is 3.06. The van der Waals surface area contributed by atoms with Crippen molar-refractivity contribution in [1.82, 2.24) is 4.98 Å². The van der Waals surface area contributed by atoms with E-state index in [1.54, 1.807) is 31.0 Å².